The van der Waals surface area contributed by atoms with E-state index in [0.717, 1.165) is 37.9 Å². The number of pyridine rings is 1. The van der Waals surface area contributed by atoms with Gasteiger partial charge in [-0.05, 0) is 0 Å². The molecule has 0 radical (unpaired) electrons. The van der Waals surface area contributed by atoms with Crippen molar-refractivity contribution in [2.45, 2.75) is 44.5 Å². The molecule has 9 nitrogen and oxygen atoms in total. The molecule has 4 atom stereocenters. The first-order valence-corrected chi connectivity index (χ1v) is 9.11. The largest absolute Gasteiger partial charge is 0.473 e. The molecule has 0 aliphatic carbocycles. The van der Waals surface area contributed by atoms with E-state index >= 15 is 0 Å². The summed E-state index contributed by atoms with van der Waals surface area (Å²) in [4.78, 5) is 38.1. The van der Waals surface area contributed by atoms with E-state index in [-0.39, 0.29) is 17.2 Å². The van der Waals surface area contributed by atoms with Gasteiger partial charge < -0.3 is 18.9 Å². The number of thioether (sulfide) groups is 1. The molecular formula is C17H17FN2O7S. The maximum Gasteiger partial charge on any atom is 0.303 e. The monoisotopic (exact) mass is 412 g/mol. The molecule has 0 aromatic carbocycles. The normalized spacial score (nSPS) is 23.8. The van der Waals surface area contributed by atoms with E-state index in [1.54, 1.807) is 6.07 Å². The lowest BCUT2D eigenvalue weighted by Gasteiger charge is -2.39. The molecule has 1 fully saturated rings. The number of carbonyl (C=O) groups excluding carboxylic acids is 3. The Labute approximate surface area is 164 Å². The zero-order valence-corrected chi connectivity index (χ0v) is 16.0. The Morgan fingerprint density at radius 3 is 2.32 bits per heavy atom. The number of nitrogens with zero attached hydrogens (tertiary/aromatic N) is 2. The molecule has 1 aliphatic heterocycles. The number of esters is 3. The van der Waals surface area contributed by atoms with Crippen molar-refractivity contribution in [3.63, 3.8) is 0 Å². The average Bonchev–Trinajstić information content (AvgIpc) is 2.59. The van der Waals surface area contributed by atoms with Crippen LogP contribution in [0.2, 0.25) is 0 Å². The first-order chi connectivity index (χ1) is 13.2. The van der Waals surface area contributed by atoms with Crippen LogP contribution in [0.4, 0.5) is 4.39 Å². The lowest BCUT2D eigenvalue weighted by atomic mass is 10.1. The number of ether oxygens (including phenoxy) is 4. The Kier molecular flexibility index (Phi) is 7.17. The molecule has 1 aliphatic rings. The van der Waals surface area contributed by atoms with Crippen LogP contribution in [0.1, 0.15) is 26.5 Å². The summed E-state index contributed by atoms with van der Waals surface area (Å²) in [5.74, 6) is -2.74. The van der Waals surface area contributed by atoms with Crippen LogP contribution in [0.3, 0.4) is 0 Å². The number of hydrogen-bond acceptors (Lipinski definition) is 10. The SMILES string of the molecule is CC(=O)O[C@@H]1[C@@H](OC(C)=O)[C@@H](Oc2cc(F)cnc2C#N)SC[C@H]1OC(C)=O. The summed E-state index contributed by atoms with van der Waals surface area (Å²) in [6.07, 6.45) is -2.36. The van der Waals surface area contributed by atoms with Gasteiger partial charge in [0, 0.05) is 32.6 Å². The molecule has 0 saturated carbocycles. The fraction of sp³-hybridized carbons (Fsp3) is 0.471. The van der Waals surface area contributed by atoms with Crippen LogP contribution in [0.25, 0.3) is 0 Å². The number of hydrogen-bond donors (Lipinski definition) is 0. The molecule has 11 heteroatoms. The maximum absolute atomic E-state index is 13.5. The van der Waals surface area contributed by atoms with Gasteiger partial charge in [0.15, 0.2) is 35.2 Å². The molecule has 28 heavy (non-hydrogen) atoms. The molecule has 2 rings (SSSR count). The molecule has 1 saturated heterocycles. The summed E-state index contributed by atoms with van der Waals surface area (Å²) < 4.78 is 34.8. The Hall–Kier alpha value is -2.87. The van der Waals surface area contributed by atoms with Gasteiger partial charge >= 0.3 is 17.9 Å². The predicted octanol–water partition coefficient (Wildman–Crippen LogP) is 1.34. The first kappa shape index (κ1) is 21.4. The Morgan fingerprint density at radius 1 is 1.14 bits per heavy atom. The van der Waals surface area contributed by atoms with Gasteiger partial charge in [0.25, 0.3) is 0 Å². The van der Waals surface area contributed by atoms with E-state index in [1.165, 1.54) is 6.92 Å². The molecular weight excluding hydrogens is 395 g/mol. The van der Waals surface area contributed by atoms with Crippen LogP contribution in [0.15, 0.2) is 12.3 Å². The standard InChI is InChI=1S/C17H17FN2O7S/c1-8(21)24-14-7-28-17(16(26-10(3)23)15(14)25-9(2)22)27-13-4-11(18)6-20-12(13)5-19/h4,6,14-17H,7H2,1-3H3/t14-,15+,16-,17+/m1/s1. The van der Waals surface area contributed by atoms with Crippen LogP contribution in [-0.4, -0.2) is 52.4 Å². The predicted molar refractivity (Wildman–Crippen MR) is 92.4 cm³/mol. The number of halogens is 1. The minimum Gasteiger partial charge on any atom is -0.473 e. The highest BCUT2D eigenvalue weighted by atomic mass is 32.2. The van der Waals surface area contributed by atoms with Crippen LogP contribution in [0, 0.1) is 17.1 Å². The van der Waals surface area contributed by atoms with Gasteiger partial charge in [0.2, 0.25) is 0 Å². The van der Waals surface area contributed by atoms with E-state index in [1.807, 2.05) is 0 Å². The van der Waals surface area contributed by atoms with Crippen molar-refractivity contribution >= 4 is 29.7 Å². The number of nitriles is 1. The van der Waals surface area contributed by atoms with Crippen LogP contribution >= 0.6 is 11.8 Å². The van der Waals surface area contributed by atoms with Gasteiger partial charge in [-0.25, -0.2) is 9.37 Å². The number of rotatable bonds is 5. The third-order valence-corrected chi connectivity index (χ3v) is 4.69. The molecule has 0 N–H and O–H groups in total. The molecule has 0 bridgehead atoms. The van der Waals surface area contributed by atoms with Gasteiger partial charge in [0.05, 0.1) is 6.20 Å². The highest BCUT2D eigenvalue weighted by Gasteiger charge is 2.47. The molecule has 0 amide bonds. The second kappa shape index (κ2) is 9.36. The van der Waals surface area contributed by atoms with E-state index in [0.29, 0.717) is 0 Å². The van der Waals surface area contributed by atoms with Gasteiger partial charge in [0.1, 0.15) is 11.9 Å². The third-order valence-electron chi connectivity index (χ3n) is 3.47. The van der Waals surface area contributed by atoms with Crippen LogP contribution < -0.4 is 4.74 Å². The fourth-order valence-corrected chi connectivity index (χ4v) is 3.74. The van der Waals surface area contributed by atoms with Gasteiger partial charge in [-0.15, -0.1) is 11.8 Å². The highest BCUT2D eigenvalue weighted by molar-refractivity contribution is 7.99. The summed E-state index contributed by atoms with van der Waals surface area (Å²) in [5, 5.41) is 9.13. The Balaban J connectivity index is 2.36. The lowest BCUT2D eigenvalue weighted by molar-refractivity contribution is -0.186. The number of carbonyl (C=O) groups is 3. The van der Waals surface area contributed by atoms with Crippen molar-refractivity contribution in [1.82, 2.24) is 4.98 Å². The van der Waals surface area contributed by atoms with Crippen molar-refractivity contribution in [2.24, 2.45) is 0 Å². The molecule has 150 valence electrons. The fourth-order valence-electron chi connectivity index (χ4n) is 2.53. The van der Waals surface area contributed by atoms with Crippen molar-refractivity contribution in [3.8, 4) is 11.8 Å². The van der Waals surface area contributed by atoms with Crippen LogP contribution in [0.5, 0.6) is 5.75 Å². The van der Waals surface area contributed by atoms with Gasteiger partial charge in [-0.1, -0.05) is 0 Å². The lowest BCUT2D eigenvalue weighted by Crippen LogP contribution is -2.55. The van der Waals surface area contributed by atoms with Gasteiger partial charge in [-0.3, -0.25) is 14.4 Å². The quantitative estimate of drug-likeness (QED) is 0.517. The van der Waals surface area contributed by atoms with Crippen molar-refractivity contribution in [2.75, 3.05) is 5.75 Å². The van der Waals surface area contributed by atoms with Gasteiger partial charge in [-0.2, -0.15) is 5.26 Å². The summed E-state index contributed by atoms with van der Waals surface area (Å²) in [5.41, 5.74) is -1.15. The molecule has 0 unspecified atom stereocenters. The first-order valence-electron chi connectivity index (χ1n) is 8.06. The smallest absolute Gasteiger partial charge is 0.303 e. The second-order valence-corrected chi connectivity index (χ2v) is 6.86. The van der Waals surface area contributed by atoms with Crippen molar-refractivity contribution in [3.05, 3.63) is 23.8 Å². The third kappa shape index (κ3) is 5.56. The summed E-state index contributed by atoms with van der Waals surface area (Å²) in [7, 11) is 0. The summed E-state index contributed by atoms with van der Waals surface area (Å²) in [6, 6.07) is 2.74. The zero-order valence-electron chi connectivity index (χ0n) is 15.2. The second-order valence-electron chi connectivity index (χ2n) is 5.73. The van der Waals surface area contributed by atoms with E-state index in [2.05, 4.69) is 4.98 Å². The average molecular weight is 412 g/mol. The minimum atomic E-state index is -1.18. The molecule has 1 aromatic rings. The number of aromatic nitrogens is 1. The van der Waals surface area contributed by atoms with Crippen molar-refractivity contribution < 1.29 is 37.7 Å². The molecule has 2 heterocycles. The molecule has 1 aromatic heterocycles. The topological polar surface area (TPSA) is 125 Å². The van der Waals surface area contributed by atoms with Crippen LogP contribution in [-0.2, 0) is 28.6 Å². The van der Waals surface area contributed by atoms with E-state index < -0.39 is 47.5 Å². The van der Waals surface area contributed by atoms with E-state index in [9.17, 15) is 18.8 Å². The maximum atomic E-state index is 13.5. The van der Waals surface area contributed by atoms with Crippen molar-refractivity contribution in [1.29, 1.82) is 5.26 Å². The summed E-state index contributed by atoms with van der Waals surface area (Å²) >= 11 is 1.09. The summed E-state index contributed by atoms with van der Waals surface area (Å²) in [6.45, 7) is 3.49. The Bertz CT molecular complexity index is 813. The highest BCUT2D eigenvalue weighted by Crippen LogP contribution is 2.35. The minimum absolute atomic E-state index is 0.143. The van der Waals surface area contributed by atoms with E-state index in [4.69, 9.17) is 24.2 Å². The Morgan fingerprint density at radius 2 is 1.75 bits per heavy atom. The molecule has 0 spiro atoms. The zero-order chi connectivity index (χ0) is 20.8.